The predicted molar refractivity (Wildman–Crippen MR) is 67.6 cm³/mol. The van der Waals surface area contributed by atoms with Crippen LogP contribution in [0.2, 0.25) is 0 Å². The lowest BCUT2D eigenvalue weighted by atomic mass is 9.87. The number of rotatable bonds is 3. The van der Waals surface area contributed by atoms with Crippen molar-refractivity contribution in [1.82, 2.24) is 0 Å². The molecule has 1 saturated heterocycles. The summed E-state index contributed by atoms with van der Waals surface area (Å²) in [6.45, 7) is 2.61. The summed E-state index contributed by atoms with van der Waals surface area (Å²) in [5.74, 6) is -0.299. The Morgan fingerprint density at radius 2 is 2.44 bits per heavy atom. The van der Waals surface area contributed by atoms with Crippen molar-refractivity contribution in [3.8, 4) is 6.07 Å². The van der Waals surface area contributed by atoms with E-state index in [0.29, 0.717) is 25.1 Å². The molecule has 0 spiro atoms. The molecule has 1 aliphatic heterocycles. The quantitative estimate of drug-likeness (QED) is 0.894. The molecule has 0 bridgehead atoms. The molecule has 1 aromatic rings. The van der Waals surface area contributed by atoms with Gasteiger partial charge in [0.25, 0.3) is 0 Å². The molecule has 1 N–H and O–H groups in total. The highest BCUT2D eigenvalue weighted by Crippen LogP contribution is 2.29. The summed E-state index contributed by atoms with van der Waals surface area (Å²) in [4.78, 5) is 0. The van der Waals surface area contributed by atoms with Gasteiger partial charge in [-0.05, 0) is 24.6 Å². The molecule has 1 fully saturated rings. The van der Waals surface area contributed by atoms with Gasteiger partial charge in [-0.3, -0.25) is 0 Å². The molecule has 3 nitrogen and oxygen atoms in total. The summed E-state index contributed by atoms with van der Waals surface area (Å²) in [6, 6.07) is 8.55. The zero-order chi connectivity index (χ0) is 13.0. The first kappa shape index (κ1) is 12.8. The Labute approximate surface area is 107 Å². The van der Waals surface area contributed by atoms with E-state index in [1.807, 2.05) is 6.92 Å². The van der Waals surface area contributed by atoms with E-state index in [1.165, 1.54) is 12.1 Å². The molecule has 2 unspecified atom stereocenters. The normalized spacial score (nSPS) is 27.5. The maximum absolute atomic E-state index is 13.1. The minimum absolute atomic E-state index is 0.0967. The summed E-state index contributed by atoms with van der Waals surface area (Å²) in [5, 5.41) is 12.6. The number of nitriles is 1. The molecule has 0 saturated carbocycles. The minimum atomic E-state index is -0.646. The second-order valence-corrected chi connectivity index (χ2v) is 4.68. The molecule has 0 aromatic heterocycles. The number of halogens is 1. The lowest BCUT2D eigenvalue weighted by Crippen LogP contribution is -2.45. The summed E-state index contributed by atoms with van der Waals surface area (Å²) < 4.78 is 18.7. The molecule has 4 heteroatoms. The lowest BCUT2D eigenvalue weighted by Gasteiger charge is -2.36. The Kier molecular flexibility index (Phi) is 3.83. The number of nitrogens with zero attached hydrogens (tertiary/aromatic N) is 1. The second-order valence-electron chi connectivity index (χ2n) is 4.68. The van der Waals surface area contributed by atoms with Crippen LogP contribution >= 0.6 is 0 Å². The van der Waals surface area contributed by atoms with Crippen LogP contribution in [0.25, 0.3) is 0 Å². The van der Waals surface area contributed by atoms with Crippen LogP contribution in [0.4, 0.5) is 10.1 Å². The summed E-state index contributed by atoms with van der Waals surface area (Å²) in [5.41, 5.74) is 0.000466. The van der Waals surface area contributed by atoms with Crippen molar-refractivity contribution in [1.29, 1.82) is 5.26 Å². The maximum Gasteiger partial charge on any atom is 0.130 e. The molecule has 2 atom stereocenters. The molecule has 2 rings (SSSR count). The number of hydrogen-bond donors (Lipinski definition) is 1. The molecule has 0 radical (unpaired) electrons. The fourth-order valence-corrected chi connectivity index (χ4v) is 2.30. The Morgan fingerprint density at radius 1 is 1.61 bits per heavy atom. The highest BCUT2D eigenvalue weighted by atomic mass is 19.1. The topological polar surface area (TPSA) is 45.0 Å². The van der Waals surface area contributed by atoms with E-state index in [9.17, 15) is 9.65 Å². The van der Waals surface area contributed by atoms with E-state index in [2.05, 4.69) is 11.4 Å². The van der Waals surface area contributed by atoms with Crippen LogP contribution in [0.15, 0.2) is 24.3 Å². The van der Waals surface area contributed by atoms with Crippen LogP contribution in [0.1, 0.15) is 26.2 Å². The summed E-state index contributed by atoms with van der Waals surface area (Å²) >= 11 is 0. The van der Waals surface area contributed by atoms with Gasteiger partial charge in [-0.15, -0.1) is 0 Å². The smallest absolute Gasteiger partial charge is 0.130 e. The Hall–Kier alpha value is -1.60. The first-order valence-electron chi connectivity index (χ1n) is 6.24. The standard InChI is InChI=1S/C14H17FN2O/c1-2-13-9-14(10-16,6-7-18-13)17-12-5-3-4-11(15)8-12/h3-5,8,13,17H,2,6-7,9H2,1H3. The van der Waals surface area contributed by atoms with Crippen molar-refractivity contribution in [2.45, 2.75) is 37.8 Å². The first-order valence-corrected chi connectivity index (χ1v) is 6.24. The van der Waals surface area contributed by atoms with Crippen LogP contribution in [0.3, 0.4) is 0 Å². The second kappa shape index (κ2) is 5.36. The Bertz CT molecular complexity index is 457. The van der Waals surface area contributed by atoms with Crippen molar-refractivity contribution >= 4 is 5.69 Å². The fourth-order valence-electron chi connectivity index (χ4n) is 2.30. The van der Waals surface area contributed by atoms with Crippen molar-refractivity contribution in [3.63, 3.8) is 0 Å². The average molecular weight is 248 g/mol. The van der Waals surface area contributed by atoms with Crippen LogP contribution < -0.4 is 5.32 Å². The highest BCUT2D eigenvalue weighted by Gasteiger charge is 2.36. The number of anilines is 1. The van der Waals surface area contributed by atoms with Crippen molar-refractivity contribution in [2.24, 2.45) is 0 Å². The van der Waals surface area contributed by atoms with Gasteiger partial charge in [-0.25, -0.2) is 4.39 Å². The third-order valence-corrected chi connectivity index (χ3v) is 3.34. The van der Waals surface area contributed by atoms with Gasteiger partial charge in [-0.1, -0.05) is 13.0 Å². The van der Waals surface area contributed by atoms with E-state index in [-0.39, 0.29) is 11.9 Å². The molecule has 0 aliphatic carbocycles. The Balaban J connectivity index is 2.16. The fraction of sp³-hybridized carbons (Fsp3) is 0.500. The molecule has 1 heterocycles. The van der Waals surface area contributed by atoms with E-state index >= 15 is 0 Å². The van der Waals surface area contributed by atoms with Gasteiger partial charge in [0.15, 0.2) is 0 Å². The number of nitrogens with one attached hydrogen (secondary N) is 1. The van der Waals surface area contributed by atoms with Crippen LogP contribution in [0.5, 0.6) is 0 Å². The molecular formula is C14H17FN2O. The van der Waals surface area contributed by atoms with Gasteiger partial charge in [0, 0.05) is 18.5 Å². The van der Waals surface area contributed by atoms with Crippen molar-refractivity contribution < 1.29 is 9.13 Å². The van der Waals surface area contributed by atoms with E-state index < -0.39 is 5.54 Å². The summed E-state index contributed by atoms with van der Waals surface area (Å²) in [6.07, 6.45) is 2.24. The summed E-state index contributed by atoms with van der Waals surface area (Å²) in [7, 11) is 0. The van der Waals surface area contributed by atoms with Crippen molar-refractivity contribution in [2.75, 3.05) is 11.9 Å². The number of ether oxygens (including phenoxy) is 1. The van der Waals surface area contributed by atoms with Gasteiger partial charge < -0.3 is 10.1 Å². The monoisotopic (exact) mass is 248 g/mol. The van der Waals surface area contributed by atoms with Gasteiger partial charge >= 0.3 is 0 Å². The van der Waals surface area contributed by atoms with Crippen LogP contribution in [-0.4, -0.2) is 18.2 Å². The lowest BCUT2D eigenvalue weighted by molar-refractivity contribution is -0.00304. The van der Waals surface area contributed by atoms with Gasteiger partial charge in [-0.2, -0.15) is 5.26 Å². The first-order chi connectivity index (χ1) is 8.67. The third-order valence-electron chi connectivity index (χ3n) is 3.34. The average Bonchev–Trinajstić information content (AvgIpc) is 2.39. The van der Waals surface area contributed by atoms with Crippen molar-refractivity contribution in [3.05, 3.63) is 30.1 Å². The molecule has 96 valence electrons. The maximum atomic E-state index is 13.1. The molecule has 0 amide bonds. The van der Waals surface area contributed by atoms with E-state index in [1.54, 1.807) is 12.1 Å². The largest absolute Gasteiger partial charge is 0.378 e. The van der Waals surface area contributed by atoms with Crippen LogP contribution in [0, 0.1) is 17.1 Å². The van der Waals surface area contributed by atoms with E-state index in [4.69, 9.17) is 4.74 Å². The zero-order valence-corrected chi connectivity index (χ0v) is 10.4. The molecule has 18 heavy (non-hydrogen) atoms. The highest BCUT2D eigenvalue weighted by molar-refractivity contribution is 5.48. The molecular weight excluding hydrogens is 231 g/mol. The Morgan fingerprint density at radius 3 is 3.11 bits per heavy atom. The molecule has 1 aromatic carbocycles. The number of hydrogen-bond acceptors (Lipinski definition) is 3. The van der Waals surface area contributed by atoms with Gasteiger partial charge in [0.2, 0.25) is 0 Å². The molecule has 1 aliphatic rings. The van der Waals surface area contributed by atoms with Gasteiger partial charge in [0.1, 0.15) is 11.4 Å². The number of benzene rings is 1. The van der Waals surface area contributed by atoms with Crippen LogP contribution in [-0.2, 0) is 4.74 Å². The SMILES string of the molecule is CCC1CC(C#N)(Nc2cccc(F)c2)CCO1. The third kappa shape index (κ3) is 2.80. The zero-order valence-electron chi connectivity index (χ0n) is 10.4. The predicted octanol–water partition coefficient (Wildman–Crippen LogP) is 3.09. The minimum Gasteiger partial charge on any atom is -0.378 e. The van der Waals surface area contributed by atoms with E-state index in [0.717, 1.165) is 6.42 Å². The van der Waals surface area contributed by atoms with Gasteiger partial charge in [0.05, 0.1) is 18.8 Å².